The van der Waals surface area contributed by atoms with Gasteiger partial charge in [0.15, 0.2) is 11.5 Å². The molecule has 0 spiro atoms. The van der Waals surface area contributed by atoms with Crippen molar-refractivity contribution in [2.24, 2.45) is 5.92 Å². The number of ether oxygens (including phenoxy) is 2. The average molecular weight is 283 g/mol. The minimum absolute atomic E-state index is 0.473. The van der Waals surface area contributed by atoms with Gasteiger partial charge in [-0.2, -0.15) is 0 Å². The maximum Gasteiger partial charge on any atom is 0.328 e. The molecule has 4 nitrogen and oxygen atoms in total. The van der Waals surface area contributed by atoms with Crippen LogP contribution in [0.4, 0.5) is 0 Å². The van der Waals surface area contributed by atoms with Gasteiger partial charge in [-0.05, 0) is 30.9 Å². The largest absolute Gasteiger partial charge is 0.493 e. The molecule has 0 aliphatic heterocycles. The highest BCUT2D eigenvalue weighted by molar-refractivity contribution is 6.31. The highest BCUT2D eigenvalue weighted by Gasteiger charge is 2.23. The molecule has 0 unspecified atom stereocenters. The number of carboxylic acid groups (broad SMARTS) is 1. The Morgan fingerprint density at radius 3 is 2.84 bits per heavy atom. The van der Waals surface area contributed by atoms with Gasteiger partial charge in [-0.15, -0.1) is 0 Å². The van der Waals surface area contributed by atoms with Crippen LogP contribution in [0.25, 0.3) is 6.08 Å². The number of benzene rings is 1. The second-order valence-corrected chi connectivity index (χ2v) is 4.89. The van der Waals surface area contributed by atoms with Crippen LogP contribution in [-0.2, 0) is 4.79 Å². The lowest BCUT2D eigenvalue weighted by molar-refractivity contribution is -0.131. The summed E-state index contributed by atoms with van der Waals surface area (Å²) in [5, 5.41) is 9.17. The first-order valence-corrected chi connectivity index (χ1v) is 6.39. The van der Waals surface area contributed by atoms with E-state index >= 15 is 0 Å². The van der Waals surface area contributed by atoms with Crippen LogP contribution in [0, 0.1) is 5.92 Å². The van der Waals surface area contributed by atoms with Gasteiger partial charge < -0.3 is 14.6 Å². The maximum atomic E-state index is 10.6. The quantitative estimate of drug-likeness (QED) is 0.814. The van der Waals surface area contributed by atoms with Crippen LogP contribution < -0.4 is 9.47 Å². The van der Waals surface area contributed by atoms with E-state index in [4.69, 9.17) is 26.2 Å². The summed E-state index contributed by atoms with van der Waals surface area (Å²) in [6.45, 7) is 0.617. The molecule has 0 heterocycles. The molecular weight excluding hydrogens is 268 g/mol. The zero-order valence-electron chi connectivity index (χ0n) is 10.6. The molecular formula is C14H15ClO4. The van der Waals surface area contributed by atoms with Crippen LogP contribution >= 0.6 is 11.6 Å². The molecule has 1 saturated carbocycles. The van der Waals surface area contributed by atoms with E-state index in [0.29, 0.717) is 34.6 Å². The number of carbonyl (C=O) groups is 1. The van der Waals surface area contributed by atoms with Crippen molar-refractivity contribution in [2.75, 3.05) is 13.7 Å². The summed E-state index contributed by atoms with van der Waals surface area (Å²) in [6, 6.07) is 3.31. The van der Waals surface area contributed by atoms with E-state index in [1.807, 2.05) is 0 Å². The van der Waals surface area contributed by atoms with E-state index in [-0.39, 0.29) is 0 Å². The molecule has 1 aromatic carbocycles. The Balaban J connectivity index is 2.29. The van der Waals surface area contributed by atoms with Gasteiger partial charge in [-0.3, -0.25) is 0 Å². The van der Waals surface area contributed by atoms with Gasteiger partial charge in [-0.1, -0.05) is 11.6 Å². The molecule has 0 atom stereocenters. The Morgan fingerprint density at radius 1 is 1.53 bits per heavy atom. The third-order valence-electron chi connectivity index (χ3n) is 2.83. The highest BCUT2D eigenvalue weighted by atomic mass is 35.5. The molecule has 0 saturated heterocycles. The van der Waals surface area contributed by atoms with E-state index in [9.17, 15) is 4.79 Å². The predicted octanol–water partition coefficient (Wildman–Crippen LogP) is 3.24. The summed E-state index contributed by atoms with van der Waals surface area (Å²) in [5.41, 5.74) is 0.604. The van der Waals surface area contributed by atoms with Gasteiger partial charge in [0, 0.05) is 22.7 Å². The van der Waals surface area contributed by atoms with Crippen molar-refractivity contribution < 1.29 is 19.4 Å². The first-order chi connectivity index (χ1) is 9.10. The Labute approximate surface area is 116 Å². The summed E-state index contributed by atoms with van der Waals surface area (Å²) >= 11 is 5.97. The van der Waals surface area contributed by atoms with Crippen molar-refractivity contribution in [2.45, 2.75) is 12.8 Å². The van der Waals surface area contributed by atoms with E-state index in [1.165, 1.54) is 26.0 Å². The topological polar surface area (TPSA) is 55.8 Å². The number of rotatable bonds is 6. The van der Waals surface area contributed by atoms with E-state index in [1.54, 1.807) is 12.1 Å². The van der Waals surface area contributed by atoms with Gasteiger partial charge in [0.1, 0.15) is 0 Å². The zero-order valence-corrected chi connectivity index (χ0v) is 11.3. The van der Waals surface area contributed by atoms with Crippen LogP contribution in [0.1, 0.15) is 18.4 Å². The summed E-state index contributed by atoms with van der Waals surface area (Å²) in [6.07, 6.45) is 4.86. The van der Waals surface area contributed by atoms with Crippen molar-refractivity contribution in [3.8, 4) is 11.5 Å². The summed E-state index contributed by atoms with van der Waals surface area (Å²) in [4.78, 5) is 10.6. The smallest absolute Gasteiger partial charge is 0.328 e. The van der Waals surface area contributed by atoms with Gasteiger partial charge in [0.25, 0.3) is 0 Å². The van der Waals surface area contributed by atoms with Crippen molar-refractivity contribution >= 4 is 23.6 Å². The van der Waals surface area contributed by atoms with Crippen molar-refractivity contribution in [1.29, 1.82) is 0 Å². The summed E-state index contributed by atoms with van der Waals surface area (Å²) < 4.78 is 11.0. The SMILES string of the molecule is COc1cc(Cl)cc(/C=C/C(=O)O)c1OCC1CC1. The molecule has 0 aromatic heterocycles. The third-order valence-corrected chi connectivity index (χ3v) is 3.05. The number of aliphatic carboxylic acids is 1. The van der Waals surface area contributed by atoms with Crippen molar-refractivity contribution in [3.05, 3.63) is 28.8 Å². The van der Waals surface area contributed by atoms with Crippen LogP contribution in [0.2, 0.25) is 5.02 Å². The zero-order chi connectivity index (χ0) is 13.8. The molecule has 1 aliphatic carbocycles. The van der Waals surface area contributed by atoms with Gasteiger partial charge in [-0.25, -0.2) is 4.79 Å². The number of carboxylic acids is 1. The monoisotopic (exact) mass is 282 g/mol. The first-order valence-electron chi connectivity index (χ1n) is 6.01. The molecule has 102 valence electrons. The molecule has 0 radical (unpaired) electrons. The number of hydrogen-bond acceptors (Lipinski definition) is 3. The lowest BCUT2D eigenvalue weighted by Gasteiger charge is -2.13. The predicted molar refractivity (Wildman–Crippen MR) is 72.9 cm³/mol. The average Bonchev–Trinajstić information content (AvgIpc) is 3.18. The standard InChI is InChI=1S/C14H15ClO4/c1-18-12-7-11(15)6-10(4-5-13(16)17)14(12)19-8-9-2-3-9/h4-7,9H,2-3,8H2,1H3,(H,16,17)/b5-4+. The van der Waals surface area contributed by atoms with Gasteiger partial charge in [0.05, 0.1) is 13.7 Å². The van der Waals surface area contributed by atoms with Crippen molar-refractivity contribution in [3.63, 3.8) is 0 Å². The molecule has 1 aliphatic rings. The Morgan fingerprint density at radius 2 is 2.26 bits per heavy atom. The molecule has 1 aromatic rings. The molecule has 1 fully saturated rings. The fourth-order valence-electron chi connectivity index (χ4n) is 1.67. The lowest BCUT2D eigenvalue weighted by Crippen LogP contribution is -2.02. The summed E-state index contributed by atoms with van der Waals surface area (Å²) in [7, 11) is 1.53. The highest BCUT2D eigenvalue weighted by Crippen LogP contribution is 2.37. The minimum atomic E-state index is -1.02. The Kier molecular flexibility index (Phi) is 4.32. The van der Waals surface area contributed by atoms with Gasteiger partial charge in [0.2, 0.25) is 0 Å². The fraction of sp³-hybridized carbons (Fsp3) is 0.357. The van der Waals surface area contributed by atoms with Gasteiger partial charge >= 0.3 is 5.97 Å². The second kappa shape index (κ2) is 5.97. The number of hydrogen-bond donors (Lipinski definition) is 1. The van der Waals surface area contributed by atoms with Crippen LogP contribution in [0.15, 0.2) is 18.2 Å². The number of halogens is 1. The molecule has 19 heavy (non-hydrogen) atoms. The first kappa shape index (κ1) is 13.7. The molecule has 2 rings (SSSR count). The normalized spacial score (nSPS) is 14.6. The van der Waals surface area contributed by atoms with E-state index < -0.39 is 5.97 Å². The van der Waals surface area contributed by atoms with Crippen LogP contribution in [-0.4, -0.2) is 24.8 Å². The maximum absolute atomic E-state index is 10.6. The van der Waals surface area contributed by atoms with Crippen LogP contribution in [0.3, 0.4) is 0 Å². The molecule has 5 heteroatoms. The molecule has 0 amide bonds. The van der Waals surface area contributed by atoms with E-state index in [0.717, 1.165) is 6.08 Å². The van der Waals surface area contributed by atoms with Crippen LogP contribution in [0.5, 0.6) is 11.5 Å². The molecule has 1 N–H and O–H groups in total. The third kappa shape index (κ3) is 3.89. The second-order valence-electron chi connectivity index (χ2n) is 4.45. The van der Waals surface area contributed by atoms with E-state index in [2.05, 4.69) is 0 Å². The summed E-state index contributed by atoms with van der Waals surface area (Å²) in [5.74, 6) is 0.623. The number of methoxy groups -OCH3 is 1. The minimum Gasteiger partial charge on any atom is -0.493 e. The Hall–Kier alpha value is -1.68. The molecule has 0 bridgehead atoms. The Bertz CT molecular complexity index is 506. The fourth-order valence-corrected chi connectivity index (χ4v) is 1.88. The lowest BCUT2D eigenvalue weighted by atomic mass is 10.1. The van der Waals surface area contributed by atoms with Crippen molar-refractivity contribution in [1.82, 2.24) is 0 Å².